The number of Topliss-reactive ketones (excluding diaryl/α,β-unsaturated/α-hetero) is 1. The smallest absolute Gasteiger partial charge is 0.290 e. The summed E-state index contributed by atoms with van der Waals surface area (Å²) in [7, 11) is 1.60. The summed E-state index contributed by atoms with van der Waals surface area (Å²) in [6.07, 6.45) is 0.653. The number of ether oxygens (including phenoxy) is 1. The highest BCUT2D eigenvalue weighted by Gasteiger charge is 2.43. The van der Waals surface area contributed by atoms with E-state index in [0.29, 0.717) is 19.6 Å². The van der Waals surface area contributed by atoms with E-state index in [1.54, 1.807) is 25.9 Å². The van der Waals surface area contributed by atoms with Crippen LogP contribution in [-0.2, 0) is 14.3 Å². The molecule has 1 amide bonds. The van der Waals surface area contributed by atoms with Gasteiger partial charge < -0.3 is 14.7 Å². The standard InChI is InChI=1S/C16H21NO4S/c1-10(2)14(18)12-13(11-6-4-9-22-11)17(7-5-8-21-3)16(20)15(12)19/h4,6,9-10,13,19H,5,7-8H2,1-3H3. The van der Waals surface area contributed by atoms with E-state index >= 15 is 0 Å². The first-order valence-corrected chi connectivity index (χ1v) is 8.17. The van der Waals surface area contributed by atoms with Crippen LogP contribution in [0.2, 0.25) is 0 Å². The number of hydrogen-bond donors (Lipinski definition) is 1. The van der Waals surface area contributed by atoms with Crippen LogP contribution in [0.1, 0.15) is 31.2 Å². The molecule has 0 aliphatic carbocycles. The molecule has 0 fully saturated rings. The van der Waals surface area contributed by atoms with Gasteiger partial charge in [0, 0.05) is 31.1 Å². The summed E-state index contributed by atoms with van der Waals surface area (Å²) in [5.74, 6) is -1.34. The van der Waals surface area contributed by atoms with Gasteiger partial charge in [-0.3, -0.25) is 9.59 Å². The Hall–Kier alpha value is -1.66. The molecule has 1 aliphatic heterocycles. The maximum atomic E-state index is 12.5. The van der Waals surface area contributed by atoms with E-state index in [1.165, 1.54) is 11.3 Å². The first-order valence-electron chi connectivity index (χ1n) is 7.29. The monoisotopic (exact) mass is 323 g/mol. The van der Waals surface area contributed by atoms with Crippen LogP contribution in [0.15, 0.2) is 28.8 Å². The van der Waals surface area contributed by atoms with E-state index in [2.05, 4.69) is 0 Å². The SMILES string of the molecule is COCCCN1C(=O)C(O)=C(C(=O)C(C)C)C1c1cccs1. The number of amides is 1. The molecule has 0 radical (unpaired) electrons. The van der Waals surface area contributed by atoms with Crippen LogP contribution in [0.3, 0.4) is 0 Å². The molecule has 1 N–H and O–H groups in total. The molecule has 0 spiro atoms. The first kappa shape index (κ1) is 16.7. The van der Waals surface area contributed by atoms with Crippen LogP contribution >= 0.6 is 11.3 Å². The first-order chi connectivity index (χ1) is 10.5. The minimum absolute atomic E-state index is 0.182. The summed E-state index contributed by atoms with van der Waals surface area (Å²) in [5, 5.41) is 12.1. The number of methoxy groups -OCH3 is 1. The molecule has 22 heavy (non-hydrogen) atoms. The molecule has 1 unspecified atom stereocenters. The zero-order valence-electron chi connectivity index (χ0n) is 13.0. The van der Waals surface area contributed by atoms with Crippen molar-refractivity contribution >= 4 is 23.0 Å². The number of thiophene rings is 1. The Bertz CT molecular complexity index is 577. The fraction of sp³-hybridized carbons (Fsp3) is 0.500. The molecule has 0 saturated carbocycles. The Morgan fingerprint density at radius 3 is 2.77 bits per heavy atom. The van der Waals surface area contributed by atoms with Gasteiger partial charge in [-0.15, -0.1) is 11.3 Å². The largest absolute Gasteiger partial charge is 0.503 e. The van der Waals surface area contributed by atoms with Crippen LogP contribution < -0.4 is 0 Å². The van der Waals surface area contributed by atoms with Gasteiger partial charge in [-0.05, 0) is 17.9 Å². The maximum absolute atomic E-state index is 12.5. The minimum atomic E-state index is -0.487. The molecule has 5 nitrogen and oxygen atoms in total. The molecule has 1 aromatic rings. The molecule has 2 heterocycles. The van der Waals surface area contributed by atoms with Gasteiger partial charge in [-0.1, -0.05) is 19.9 Å². The second-order valence-electron chi connectivity index (χ2n) is 5.54. The number of carbonyl (C=O) groups is 2. The van der Waals surface area contributed by atoms with Crippen molar-refractivity contribution in [2.24, 2.45) is 5.92 Å². The van der Waals surface area contributed by atoms with Crippen molar-refractivity contribution in [1.82, 2.24) is 4.90 Å². The molecule has 1 aliphatic rings. The van der Waals surface area contributed by atoms with E-state index in [9.17, 15) is 14.7 Å². The molecular formula is C16H21NO4S. The van der Waals surface area contributed by atoms with Crippen LogP contribution in [0.25, 0.3) is 0 Å². The third-order valence-electron chi connectivity index (χ3n) is 3.65. The number of hydrogen-bond acceptors (Lipinski definition) is 5. The predicted octanol–water partition coefficient (Wildman–Crippen LogP) is 2.71. The van der Waals surface area contributed by atoms with Gasteiger partial charge in [0.05, 0.1) is 11.6 Å². The number of nitrogens with zero attached hydrogens (tertiary/aromatic N) is 1. The summed E-state index contributed by atoms with van der Waals surface area (Å²) >= 11 is 1.48. The second kappa shape index (κ2) is 7.07. The fourth-order valence-electron chi connectivity index (χ4n) is 2.57. The molecule has 1 aromatic heterocycles. The summed E-state index contributed by atoms with van der Waals surface area (Å²) in [6.45, 7) is 4.50. The lowest BCUT2D eigenvalue weighted by Crippen LogP contribution is -2.32. The van der Waals surface area contributed by atoms with Gasteiger partial charge in [0.25, 0.3) is 5.91 Å². The number of carbonyl (C=O) groups excluding carboxylic acids is 2. The summed E-state index contributed by atoms with van der Waals surface area (Å²) in [4.78, 5) is 27.3. The minimum Gasteiger partial charge on any atom is -0.503 e. The Morgan fingerprint density at radius 1 is 1.50 bits per heavy atom. The summed E-state index contributed by atoms with van der Waals surface area (Å²) < 4.78 is 5.02. The van der Waals surface area contributed by atoms with Gasteiger partial charge in [0.15, 0.2) is 11.5 Å². The van der Waals surface area contributed by atoms with E-state index in [-0.39, 0.29) is 17.3 Å². The molecule has 0 aromatic carbocycles. The lowest BCUT2D eigenvalue weighted by molar-refractivity contribution is -0.129. The highest BCUT2D eigenvalue weighted by Crippen LogP contribution is 2.40. The zero-order valence-corrected chi connectivity index (χ0v) is 13.9. The van der Waals surface area contributed by atoms with Crippen molar-refractivity contribution in [2.45, 2.75) is 26.3 Å². The van der Waals surface area contributed by atoms with Crippen LogP contribution in [0.4, 0.5) is 0 Å². The third kappa shape index (κ3) is 3.08. The van der Waals surface area contributed by atoms with Crippen molar-refractivity contribution in [3.8, 4) is 0 Å². The van der Waals surface area contributed by atoms with Crippen LogP contribution in [0.5, 0.6) is 0 Å². The van der Waals surface area contributed by atoms with Crippen LogP contribution in [0, 0.1) is 5.92 Å². The molecule has 1 atom stereocenters. The van der Waals surface area contributed by atoms with Gasteiger partial charge in [-0.25, -0.2) is 0 Å². The van der Waals surface area contributed by atoms with Crippen molar-refractivity contribution in [3.63, 3.8) is 0 Å². The van der Waals surface area contributed by atoms with Crippen molar-refractivity contribution in [1.29, 1.82) is 0 Å². The average molecular weight is 323 g/mol. The Kier molecular flexibility index (Phi) is 5.37. The Labute approximate surface area is 134 Å². The van der Waals surface area contributed by atoms with E-state index < -0.39 is 17.7 Å². The maximum Gasteiger partial charge on any atom is 0.290 e. The third-order valence-corrected chi connectivity index (χ3v) is 4.58. The van der Waals surface area contributed by atoms with Crippen LogP contribution in [-0.4, -0.2) is 42.0 Å². The highest BCUT2D eigenvalue weighted by molar-refractivity contribution is 7.10. The second-order valence-corrected chi connectivity index (χ2v) is 6.52. The number of aliphatic hydroxyl groups is 1. The summed E-state index contributed by atoms with van der Waals surface area (Å²) in [6, 6.07) is 3.28. The predicted molar refractivity (Wildman–Crippen MR) is 84.8 cm³/mol. The highest BCUT2D eigenvalue weighted by atomic mass is 32.1. The quantitative estimate of drug-likeness (QED) is 0.784. The van der Waals surface area contributed by atoms with Crippen molar-refractivity contribution < 1.29 is 19.4 Å². The Morgan fingerprint density at radius 2 is 2.23 bits per heavy atom. The molecule has 2 rings (SSSR count). The molecule has 0 saturated heterocycles. The molecular weight excluding hydrogens is 302 g/mol. The Balaban J connectivity index is 2.37. The number of ketones is 1. The normalized spacial score (nSPS) is 18.6. The lowest BCUT2D eigenvalue weighted by atomic mass is 9.95. The molecule has 6 heteroatoms. The summed E-state index contributed by atoms with van der Waals surface area (Å²) in [5.41, 5.74) is 0.222. The number of aliphatic hydroxyl groups excluding tert-OH is 1. The topological polar surface area (TPSA) is 66.8 Å². The van der Waals surface area contributed by atoms with E-state index in [0.717, 1.165) is 4.88 Å². The molecule has 0 bridgehead atoms. The van der Waals surface area contributed by atoms with Crippen molar-refractivity contribution in [2.75, 3.05) is 20.3 Å². The van der Waals surface area contributed by atoms with Gasteiger partial charge in [0.1, 0.15) is 0 Å². The fourth-order valence-corrected chi connectivity index (χ4v) is 3.41. The van der Waals surface area contributed by atoms with Crippen molar-refractivity contribution in [3.05, 3.63) is 33.7 Å². The number of rotatable bonds is 7. The van der Waals surface area contributed by atoms with Gasteiger partial charge in [-0.2, -0.15) is 0 Å². The van der Waals surface area contributed by atoms with Gasteiger partial charge in [0.2, 0.25) is 0 Å². The average Bonchev–Trinajstić information content (AvgIpc) is 3.08. The van der Waals surface area contributed by atoms with Gasteiger partial charge >= 0.3 is 0 Å². The molecule has 120 valence electrons. The van der Waals surface area contributed by atoms with E-state index in [4.69, 9.17) is 4.74 Å². The van der Waals surface area contributed by atoms with E-state index in [1.807, 2.05) is 17.5 Å². The zero-order chi connectivity index (χ0) is 16.3. The lowest BCUT2D eigenvalue weighted by Gasteiger charge is -2.26.